The second-order valence-corrected chi connectivity index (χ2v) is 9.79. The topological polar surface area (TPSA) is 60.1 Å². The van der Waals surface area contributed by atoms with Gasteiger partial charge in [0.2, 0.25) is 11.5 Å². The van der Waals surface area contributed by atoms with Crippen molar-refractivity contribution in [3.8, 4) is 0 Å². The second kappa shape index (κ2) is 7.42. The van der Waals surface area contributed by atoms with E-state index in [-0.39, 0.29) is 16.8 Å². The van der Waals surface area contributed by atoms with Crippen LogP contribution < -0.4 is 10.3 Å². The van der Waals surface area contributed by atoms with Crippen LogP contribution in [0.5, 0.6) is 0 Å². The summed E-state index contributed by atoms with van der Waals surface area (Å²) < 4.78 is 0. The van der Waals surface area contributed by atoms with Gasteiger partial charge in [-0.1, -0.05) is 59.7 Å². The number of thioether (sulfide) groups is 1. The van der Waals surface area contributed by atoms with Crippen LogP contribution in [0.2, 0.25) is 0 Å². The highest BCUT2D eigenvalue weighted by atomic mass is 32.2. The van der Waals surface area contributed by atoms with Gasteiger partial charge in [0.15, 0.2) is 11.5 Å². The van der Waals surface area contributed by atoms with Crippen LogP contribution in [0.4, 0.5) is 17.1 Å². The van der Waals surface area contributed by atoms with Gasteiger partial charge >= 0.3 is 0 Å². The van der Waals surface area contributed by atoms with Crippen LogP contribution in [0.3, 0.4) is 0 Å². The van der Waals surface area contributed by atoms with E-state index in [0.717, 1.165) is 27.5 Å². The summed E-state index contributed by atoms with van der Waals surface area (Å²) in [7, 11) is 0. The maximum Gasteiger partial charge on any atom is 0.229 e. The predicted octanol–water partition coefficient (Wildman–Crippen LogP) is 4.66. The Morgan fingerprint density at radius 3 is 2.30 bits per heavy atom. The third kappa shape index (κ3) is 3.19. The molecule has 4 nitrogen and oxygen atoms in total. The SMILES string of the molecule is CC1=CC2Sc3cc(Nc4ccc(C)cc4)c4c(c3[NH+]=C2C=C1)C(=O)c1ccccc1C4=O. The number of nitrogens with one attached hydrogen (secondary N) is 2. The molecule has 0 spiro atoms. The fourth-order valence-corrected chi connectivity index (χ4v) is 5.85. The fraction of sp³-hybridized carbons (Fsp3) is 0.107. The average Bonchev–Trinajstić information content (AvgIpc) is 2.82. The number of ketones is 2. The second-order valence-electron chi connectivity index (χ2n) is 8.60. The fourth-order valence-electron chi connectivity index (χ4n) is 4.57. The molecule has 0 saturated carbocycles. The Kier molecular flexibility index (Phi) is 4.49. The lowest BCUT2D eigenvalue weighted by atomic mass is 9.82. The van der Waals surface area contributed by atoms with Gasteiger partial charge in [-0.25, -0.2) is 4.99 Å². The van der Waals surface area contributed by atoms with Crippen LogP contribution in [0.25, 0.3) is 0 Å². The molecule has 33 heavy (non-hydrogen) atoms. The molecule has 0 bridgehead atoms. The first-order valence-electron chi connectivity index (χ1n) is 10.9. The first-order valence-corrected chi connectivity index (χ1v) is 11.8. The summed E-state index contributed by atoms with van der Waals surface area (Å²) in [6, 6.07) is 17.1. The summed E-state index contributed by atoms with van der Waals surface area (Å²) in [5.41, 5.74) is 7.43. The molecule has 1 unspecified atom stereocenters. The lowest BCUT2D eigenvalue weighted by Gasteiger charge is -2.25. The minimum absolute atomic E-state index is 0.123. The van der Waals surface area contributed by atoms with Crippen LogP contribution in [-0.2, 0) is 0 Å². The molecule has 1 heterocycles. The zero-order valence-corrected chi connectivity index (χ0v) is 19.0. The summed E-state index contributed by atoms with van der Waals surface area (Å²) >= 11 is 1.70. The Morgan fingerprint density at radius 1 is 0.879 bits per heavy atom. The minimum Gasteiger partial charge on any atom is -0.355 e. The number of allylic oxidation sites excluding steroid dienone is 3. The third-order valence-corrected chi connectivity index (χ3v) is 7.48. The number of hydrogen-bond donors (Lipinski definition) is 2. The number of aryl methyl sites for hydroxylation is 1. The van der Waals surface area contributed by atoms with Gasteiger partial charge in [0.1, 0.15) is 10.8 Å². The van der Waals surface area contributed by atoms with Crippen molar-refractivity contribution in [3.63, 3.8) is 0 Å². The van der Waals surface area contributed by atoms with Gasteiger partial charge in [0.25, 0.3) is 0 Å². The quantitative estimate of drug-likeness (QED) is 0.467. The average molecular weight is 450 g/mol. The highest BCUT2D eigenvalue weighted by molar-refractivity contribution is 8.01. The molecule has 3 aliphatic rings. The molecule has 0 fully saturated rings. The van der Waals surface area contributed by atoms with E-state index in [1.807, 2.05) is 37.3 Å². The van der Waals surface area contributed by atoms with Crippen LogP contribution >= 0.6 is 11.8 Å². The van der Waals surface area contributed by atoms with Crippen LogP contribution in [0.1, 0.15) is 44.3 Å². The first kappa shape index (κ1) is 19.9. The first-order chi connectivity index (χ1) is 16.0. The maximum atomic E-state index is 13.7. The van der Waals surface area contributed by atoms with Crippen molar-refractivity contribution in [2.75, 3.05) is 5.32 Å². The largest absolute Gasteiger partial charge is 0.355 e. The van der Waals surface area contributed by atoms with Gasteiger partial charge < -0.3 is 5.32 Å². The minimum atomic E-state index is -0.133. The molecule has 0 amide bonds. The third-order valence-electron chi connectivity index (χ3n) is 6.26. The smallest absolute Gasteiger partial charge is 0.229 e. The number of carbonyl (C=O) groups excluding carboxylic acids is 2. The molecule has 3 aromatic carbocycles. The van der Waals surface area contributed by atoms with E-state index in [2.05, 4.69) is 35.5 Å². The Labute approximate surface area is 196 Å². The lowest BCUT2D eigenvalue weighted by molar-refractivity contribution is -0.358. The molecule has 6 rings (SSSR count). The Hall–Kier alpha value is -3.70. The standard InChI is InChI=1S/C28H20N2O2S/c1-15-7-10-17(11-8-15)29-21-14-23-26(30-20-12-9-16(2)13-22(20)33-23)25-24(21)27(31)18-5-3-4-6-19(18)28(25)32/h3-14,22,29H,1-2H3/p+1. The Morgan fingerprint density at radius 2 is 1.58 bits per heavy atom. The molecule has 2 N–H and O–H groups in total. The molecule has 3 aromatic rings. The summed E-state index contributed by atoms with van der Waals surface area (Å²) in [5.74, 6) is -0.255. The normalized spacial score (nSPS) is 17.9. The van der Waals surface area contributed by atoms with Crippen molar-refractivity contribution >= 4 is 46.1 Å². The van der Waals surface area contributed by atoms with Crippen LogP contribution in [-0.4, -0.2) is 22.5 Å². The summed E-state index contributed by atoms with van der Waals surface area (Å²) in [5, 5.41) is 3.57. The zero-order valence-electron chi connectivity index (χ0n) is 18.2. The van der Waals surface area contributed by atoms with Crippen molar-refractivity contribution in [2.24, 2.45) is 0 Å². The number of rotatable bonds is 2. The van der Waals surface area contributed by atoms with Crippen molar-refractivity contribution in [1.29, 1.82) is 0 Å². The van der Waals surface area contributed by atoms with Gasteiger partial charge in [0.05, 0.1) is 16.1 Å². The number of carbonyl (C=O) groups is 2. The van der Waals surface area contributed by atoms with Gasteiger partial charge in [-0.2, -0.15) is 0 Å². The summed E-state index contributed by atoms with van der Waals surface area (Å²) in [4.78, 5) is 31.8. The van der Waals surface area contributed by atoms with Crippen molar-refractivity contribution in [2.45, 2.75) is 24.0 Å². The molecular weight excluding hydrogens is 428 g/mol. The van der Waals surface area contributed by atoms with E-state index < -0.39 is 0 Å². The molecule has 5 heteroatoms. The van der Waals surface area contributed by atoms with Crippen molar-refractivity contribution in [1.82, 2.24) is 0 Å². The zero-order chi connectivity index (χ0) is 22.7. The molecule has 1 atom stereocenters. The predicted molar refractivity (Wildman–Crippen MR) is 132 cm³/mol. The molecule has 160 valence electrons. The van der Waals surface area contributed by atoms with E-state index in [1.165, 1.54) is 5.57 Å². The highest BCUT2D eigenvalue weighted by Crippen LogP contribution is 2.44. The number of hydrogen-bond acceptors (Lipinski definition) is 4. The summed E-state index contributed by atoms with van der Waals surface area (Å²) in [6.07, 6.45) is 6.33. The number of anilines is 2. The van der Waals surface area contributed by atoms with Crippen molar-refractivity contribution < 1.29 is 14.6 Å². The van der Waals surface area contributed by atoms with E-state index in [0.29, 0.717) is 27.9 Å². The van der Waals surface area contributed by atoms with Gasteiger partial charge in [0, 0.05) is 22.9 Å². The summed E-state index contributed by atoms with van der Waals surface area (Å²) in [6.45, 7) is 4.12. The van der Waals surface area contributed by atoms with Crippen LogP contribution in [0.15, 0.2) is 83.3 Å². The highest BCUT2D eigenvalue weighted by Gasteiger charge is 2.40. The molecular formula is C28H21N2O2S+. The van der Waals surface area contributed by atoms with Gasteiger partial charge in [-0.15, -0.1) is 11.8 Å². The molecule has 0 aromatic heterocycles. The van der Waals surface area contributed by atoms with Crippen LogP contribution in [0, 0.1) is 6.92 Å². The molecule has 2 aliphatic carbocycles. The molecule has 1 aliphatic heterocycles. The monoisotopic (exact) mass is 449 g/mol. The van der Waals surface area contributed by atoms with E-state index in [1.54, 1.807) is 36.0 Å². The van der Waals surface area contributed by atoms with E-state index in [9.17, 15) is 9.59 Å². The van der Waals surface area contributed by atoms with Crippen molar-refractivity contribution in [3.05, 3.63) is 106 Å². The van der Waals surface area contributed by atoms with Gasteiger partial charge in [-0.3, -0.25) is 9.59 Å². The lowest BCUT2D eigenvalue weighted by Crippen LogP contribution is -2.71. The number of fused-ring (bicyclic) bond motifs is 5. The Bertz CT molecular complexity index is 1460. The maximum absolute atomic E-state index is 13.7. The van der Waals surface area contributed by atoms with Gasteiger partial charge in [-0.05, 0) is 32.0 Å². The number of benzene rings is 3. The molecule has 0 saturated heterocycles. The Balaban J connectivity index is 1.59. The molecule has 0 radical (unpaired) electrons. The van der Waals surface area contributed by atoms with E-state index in [4.69, 9.17) is 0 Å². The van der Waals surface area contributed by atoms with E-state index >= 15 is 0 Å².